The Kier molecular flexibility index (Phi) is 4.42. The molecular formula is C13H13Br2NS. The molecule has 1 aromatic heterocycles. The van der Waals surface area contributed by atoms with Crippen LogP contribution in [0.25, 0.3) is 0 Å². The van der Waals surface area contributed by atoms with Gasteiger partial charge in [-0.15, -0.1) is 11.3 Å². The molecule has 2 rings (SSSR count). The lowest BCUT2D eigenvalue weighted by atomic mass is 10.1. The Labute approximate surface area is 123 Å². The number of thiophene rings is 1. The molecule has 0 spiro atoms. The molecule has 1 aromatic carbocycles. The molecule has 0 bridgehead atoms. The Morgan fingerprint density at radius 1 is 1.12 bits per heavy atom. The van der Waals surface area contributed by atoms with Crippen molar-refractivity contribution in [2.75, 3.05) is 7.05 Å². The maximum absolute atomic E-state index is 3.53. The molecule has 17 heavy (non-hydrogen) atoms. The minimum Gasteiger partial charge on any atom is -0.309 e. The minimum absolute atomic E-state index is 0.252. The second kappa shape index (κ2) is 5.65. The van der Waals surface area contributed by atoms with Crippen LogP contribution in [0, 0.1) is 6.92 Å². The highest BCUT2D eigenvalue weighted by Crippen LogP contribution is 2.31. The van der Waals surface area contributed by atoms with E-state index in [1.165, 1.54) is 15.3 Å². The Bertz CT molecular complexity index is 502. The van der Waals surface area contributed by atoms with E-state index in [0.29, 0.717) is 0 Å². The average Bonchev–Trinajstić information content (AvgIpc) is 2.64. The molecule has 2 aromatic rings. The molecule has 1 heterocycles. The van der Waals surface area contributed by atoms with Crippen LogP contribution in [0.5, 0.6) is 0 Å². The zero-order valence-electron chi connectivity index (χ0n) is 9.63. The van der Waals surface area contributed by atoms with Crippen LogP contribution >= 0.6 is 43.2 Å². The van der Waals surface area contributed by atoms with Crippen LogP contribution in [0.15, 0.2) is 39.3 Å². The molecule has 0 amide bonds. The molecule has 0 aliphatic heterocycles. The van der Waals surface area contributed by atoms with Gasteiger partial charge in [0.2, 0.25) is 0 Å². The lowest BCUT2D eigenvalue weighted by molar-refractivity contribution is 0.703. The molecule has 0 aliphatic rings. The molecule has 1 unspecified atom stereocenters. The molecule has 1 atom stereocenters. The smallest absolute Gasteiger partial charge is 0.0669 e. The quantitative estimate of drug-likeness (QED) is 0.806. The van der Waals surface area contributed by atoms with E-state index in [9.17, 15) is 0 Å². The average molecular weight is 375 g/mol. The molecule has 0 aliphatic carbocycles. The van der Waals surface area contributed by atoms with Crippen molar-refractivity contribution in [3.05, 3.63) is 54.6 Å². The van der Waals surface area contributed by atoms with Gasteiger partial charge < -0.3 is 5.32 Å². The third kappa shape index (κ3) is 3.19. The molecular weight excluding hydrogens is 362 g/mol. The van der Waals surface area contributed by atoms with E-state index in [-0.39, 0.29) is 6.04 Å². The number of hydrogen-bond donors (Lipinski definition) is 1. The predicted molar refractivity (Wildman–Crippen MR) is 81.8 cm³/mol. The summed E-state index contributed by atoms with van der Waals surface area (Å²) in [5, 5.41) is 3.37. The minimum atomic E-state index is 0.252. The highest BCUT2D eigenvalue weighted by Gasteiger charge is 2.14. The molecule has 1 nitrogen and oxygen atoms in total. The summed E-state index contributed by atoms with van der Waals surface area (Å²) in [4.78, 5) is 2.68. The van der Waals surface area contributed by atoms with Crippen molar-refractivity contribution in [3.63, 3.8) is 0 Å². The van der Waals surface area contributed by atoms with E-state index >= 15 is 0 Å². The lowest BCUT2D eigenvalue weighted by Crippen LogP contribution is -2.16. The van der Waals surface area contributed by atoms with Crippen LogP contribution in [0.2, 0.25) is 0 Å². The second-order valence-corrected chi connectivity index (χ2v) is 7.02. The molecule has 0 saturated carbocycles. The largest absolute Gasteiger partial charge is 0.309 e. The van der Waals surface area contributed by atoms with Crippen LogP contribution in [-0.2, 0) is 0 Å². The third-order valence-electron chi connectivity index (χ3n) is 2.55. The highest BCUT2D eigenvalue weighted by atomic mass is 79.9. The van der Waals surface area contributed by atoms with Crippen LogP contribution < -0.4 is 5.32 Å². The van der Waals surface area contributed by atoms with Crippen LogP contribution in [-0.4, -0.2) is 7.05 Å². The molecule has 0 radical (unpaired) electrons. The summed E-state index contributed by atoms with van der Waals surface area (Å²) < 4.78 is 2.19. The van der Waals surface area contributed by atoms with E-state index in [2.05, 4.69) is 74.4 Å². The van der Waals surface area contributed by atoms with Gasteiger partial charge in [0.25, 0.3) is 0 Å². The first kappa shape index (κ1) is 13.3. The molecule has 4 heteroatoms. The van der Waals surface area contributed by atoms with E-state index < -0.39 is 0 Å². The predicted octanol–water partition coefficient (Wildman–Crippen LogP) is 4.89. The summed E-state index contributed by atoms with van der Waals surface area (Å²) in [6.45, 7) is 2.14. The van der Waals surface area contributed by atoms with Crippen molar-refractivity contribution < 1.29 is 0 Å². The second-order valence-electron chi connectivity index (χ2n) is 3.87. The number of hydrogen-bond acceptors (Lipinski definition) is 2. The molecule has 90 valence electrons. The van der Waals surface area contributed by atoms with Gasteiger partial charge in [0, 0.05) is 18.7 Å². The summed E-state index contributed by atoms with van der Waals surface area (Å²) in [6, 6.07) is 11.0. The van der Waals surface area contributed by atoms with Gasteiger partial charge in [-0.3, -0.25) is 0 Å². The van der Waals surface area contributed by atoms with Crippen molar-refractivity contribution in [1.29, 1.82) is 0 Å². The van der Waals surface area contributed by atoms with Gasteiger partial charge in [0.15, 0.2) is 0 Å². The lowest BCUT2D eigenvalue weighted by Gasteiger charge is -2.16. The van der Waals surface area contributed by atoms with E-state index in [1.807, 2.05) is 18.4 Å². The number of rotatable bonds is 3. The maximum Gasteiger partial charge on any atom is 0.0669 e. The number of benzene rings is 1. The summed E-state index contributed by atoms with van der Waals surface area (Å²) in [6.07, 6.45) is 0. The summed E-state index contributed by atoms with van der Waals surface area (Å²) in [7, 11) is 1.99. The number of nitrogens with one attached hydrogen (secondary N) is 1. The van der Waals surface area contributed by atoms with Crippen molar-refractivity contribution in [3.8, 4) is 0 Å². The monoisotopic (exact) mass is 373 g/mol. The van der Waals surface area contributed by atoms with Gasteiger partial charge in [-0.1, -0.05) is 31.9 Å². The fourth-order valence-electron chi connectivity index (χ4n) is 1.82. The van der Waals surface area contributed by atoms with Crippen LogP contribution in [0.1, 0.15) is 21.4 Å². The van der Waals surface area contributed by atoms with Gasteiger partial charge in [-0.05, 0) is 49.9 Å². The number of aryl methyl sites for hydroxylation is 1. The molecule has 1 N–H and O–H groups in total. The van der Waals surface area contributed by atoms with E-state index in [4.69, 9.17) is 0 Å². The molecule has 0 fully saturated rings. The van der Waals surface area contributed by atoms with Crippen LogP contribution in [0.3, 0.4) is 0 Å². The van der Waals surface area contributed by atoms with Crippen molar-refractivity contribution in [1.82, 2.24) is 5.32 Å². The summed E-state index contributed by atoms with van der Waals surface area (Å²) in [5.41, 5.74) is 1.26. The number of halogens is 2. The highest BCUT2D eigenvalue weighted by molar-refractivity contribution is 9.11. The Morgan fingerprint density at radius 2 is 1.76 bits per heavy atom. The van der Waals surface area contributed by atoms with E-state index in [1.54, 1.807) is 0 Å². The van der Waals surface area contributed by atoms with Gasteiger partial charge in [-0.2, -0.15) is 0 Å². The third-order valence-corrected chi connectivity index (χ3v) is 4.53. The van der Waals surface area contributed by atoms with Gasteiger partial charge >= 0.3 is 0 Å². The Hall–Kier alpha value is -0.160. The Morgan fingerprint density at radius 3 is 2.24 bits per heavy atom. The zero-order chi connectivity index (χ0) is 12.4. The van der Waals surface area contributed by atoms with Crippen LogP contribution in [0.4, 0.5) is 0 Å². The Balaban J connectivity index is 2.41. The fraction of sp³-hybridized carbons (Fsp3) is 0.231. The molecule has 0 saturated heterocycles. The standard InChI is InChI=1S/C13H13Br2NS/c1-8-3-4-12(17-8)13(16-2)9-5-10(14)7-11(15)6-9/h3-7,13,16H,1-2H3. The maximum atomic E-state index is 3.53. The topological polar surface area (TPSA) is 12.0 Å². The van der Waals surface area contributed by atoms with Crippen molar-refractivity contribution in [2.24, 2.45) is 0 Å². The summed E-state index contributed by atoms with van der Waals surface area (Å²) in [5.74, 6) is 0. The summed E-state index contributed by atoms with van der Waals surface area (Å²) >= 11 is 8.90. The first-order valence-corrected chi connectivity index (χ1v) is 7.70. The van der Waals surface area contributed by atoms with Crippen molar-refractivity contribution in [2.45, 2.75) is 13.0 Å². The van der Waals surface area contributed by atoms with Gasteiger partial charge in [0.1, 0.15) is 0 Å². The van der Waals surface area contributed by atoms with Gasteiger partial charge in [-0.25, -0.2) is 0 Å². The first-order chi connectivity index (χ1) is 8.10. The van der Waals surface area contributed by atoms with E-state index in [0.717, 1.165) is 8.95 Å². The fourth-order valence-corrected chi connectivity index (χ4v) is 4.17. The van der Waals surface area contributed by atoms with Crippen molar-refractivity contribution >= 4 is 43.2 Å². The SMILES string of the molecule is CNC(c1cc(Br)cc(Br)c1)c1ccc(C)s1. The van der Waals surface area contributed by atoms with Gasteiger partial charge in [0.05, 0.1) is 6.04 Å². The normalized spacial score (nSPS) is 12.7. The zero-order valence-corrected chi connectivity index (χ0v) is 13.6. The first-order valence-electron chi connectivity index (χ1n) is 5.29.